The fourth-order valence-electron chi connectivity index (χ4n) is 6.23. The van der Waals surface area contributed by atoms with Gasteiger partial charge in [0.1, 0.15) is 13.2 Å². The standard InChI is InChI=1S/C51H86O6/c1-4-7-10-13-16-19-21-23-24-25-26-27-28-29-31-32-35-38-41-44-50(53)56-47-48(46-55-49(52)43-40-37-34-18-15-12-9-6-3)57-51(54)45-42-39-36-33-30-22-20-17-14-11-8-5-2/h7,10,16,19,23-24,26-27,29,31,35,38,48H,4-6,8-9,11-15,17-18,20-22,25,28,30,32-34,36-37,39-47H2,1-3H3/b10-7-,19-16-,24-23-,27-26-,31-29-,38-35-. The van der Waals surface area contributed by atoms with Crippen LogP contribution in [-0.2, 0) is 28.6 Å². The Labute approximate surface area is 351 Å². The van der Waals surface area contributed by atoms with Crippen molar-refractivity contribution >= 4 is 17.9 Å². The van der Waals surface area contributed by atoms with E-state index in [0.717, 1.165) is 77.0 Å². The van der Waals surface area contributed by atoms with Crippen LogP contribution in [0.4, 0.5) is 0 Å². The Morgan fingerprint density at radius 3 is 1.07 bits per heavy atom. The number of carbonyl (C=O) groups excluding carboxylic acids is 3. The summed E-state index contributed by atoms with van der Waals surface area (Å²) in [6.45, 7) is 6.41. The van der Waals surface area contributed by atoms with Gasteiger partial charge in [0.05, 0.1) is 0 Å². The smallest absolute Gasteiger partial charge is 0.306 e. The van der Waals surface area contributed by atoms with E-state index in [9.17, 15) is 14.4 Å². The van der Waals surface area contributed by atoms with Crippen molar-refractivity contribution in [3.05, 3.63) is 72.9 Å². The van der Waals surface area contributed by atoms with Crippen LogP contribution in [0.2, 0.25) is 0 Å². The molecule has 0 heterocycles. The van der Waals surface area contributed by atoms with Crippen LogP contribution in [0.3, 0.4) is 0 Å². The van der Waals surface area contributed by atoms with Crippen molar-refractivity contribution < 1.29 is 28.6 Å². The maximum Gasteiger partial charge on any atom is 0.306 e. The van der Waals surface area contributed by atoms with E-state index in [2.05, 4.69) is 81.5 Å². The number of carbonyl (C=O) groups is 3. The maximum atomic E-state index is 12.7. The second kappa shape index (κ2) is 45.6. The van der Waals surface area contributed by atoms with Gasteiger partial charge in [-0.15, -0.1) is 0 Å². The molecule has 0 spiro atoms. The molecule has 0 bridgehead atoms. The Hall–Kier alpha value is -3.15. The molecule has 0 aromatic carbocycles. The predicted octanol–water partition coefficient (Wildman–Crippen LogP) is 15.1. The van der Waals surface area contributed by atoms with Crippen LogP contribution in [0.5, 0.6) is 0 Å². The van der Waals surface area contributed by atoms with E-state index in [1.54, 1.807) is 0 Å². The summed E-state index contributed by atoms with van der Waals surface area (Å²) in [5.41, 5.74) is 0. The molecule has 0 aromatic heterocycles. The zero-order valence-corrected chi connectivity index (χ0v) is 37.1. The predicted molar refractivity (Wildman–Crippen MR) is 242 cm³/mol. The lowest BCUT2D eigenvalue weighted by molar-refractivity contribution is -0.166. The molecular formula is C51H86O6. The molecule has 57 heavy (non-hydrogen) atoms. The van der Waals surface area contributed by atoms with Gasteiger partial charge in [0, 0.05) is 19.3 Å². The number of allylic oxidation sites excluding steroid dienone is 12. The van der Waals surface area contributed by atoms with Gasteiger partial charge in [0.2, 0.25) is 0 Å². The molecular weight excluding hydrogens is 709 g/mol. The third kappa shape index (κ3) is 43.8. The van der Waals surface area contributed by atoms with Crippen LogP contribution in [0, 0.1) is 0 Å². The maximum absolute atomic E-state index is 12.7. The molecule has 1 unspecified atom stereocenters. The van der Waals surface area contributed by atoms with Gasteiger partial charge in [-0.25, -0.2) is 0 Å². The monoisotopic (exact) mass is 795 g/mol. The summed E-state index contributed by atoms with van der Waals surface area (Å²) in [6.07, 6.45) is 56.2. The highest BCUT2D eigenvalue weighted by Crippen LogP contribution is 2.14. The van der Waals surface area contributed by atoms with Crippen LogP contribution in [0.15, 0.2) is 72.9 Å². The number of ether oxygens (including phenoxy) is 3. The molecule has 0 radical (unpaired) electrons. The number of hydrogen-bond acceptors (Lipinski definition) is 6. The van der Waals surface area contributed by atoms with E-state index in [4.69, 9.17) is 14.2 Å². The quantitative estimate of drug-likeness (QED) is 0.0265. The van der Waals surface area contributed by atoms with Gasteiger partial charge < -0.3 is 14.2 Å². The number of rotatable bonds is 41. The fourth-order valence-corrected chi connectivity index (χ4v) is 6.23. The normalized spacial score (nSPS) is 12.7. The second-order valence-electron chi connectivity index (χ2n) is 15.3. The molecule has 0 aromatic rings. The molecule has 0 rings (SSSR count). The summed E-state index contributed by atoms with van der Waals surface area (Å²) in [5, 5.41) is 0. The summed E-state index contributed by atoms with van der Waals surface area (Å²) in [6, 6.07) is 0. The van der Waals surface area contributed by atoms with Gasteiger partial charge in [-0.3, -0.25) is 14.4 Å². The molecule has 1 atom stereocenters. The van der Waals surface area contributed by atoms with Gasteiger partial charge in [-0.2, -0.15) is 0 Å². The molecule has 326 valence electrons. The highest BCUT2D eigenvalue weighted by Gasteiger charge is 2.19. The van der Waals surface area contributed by atoms with E-state index in [1.165, 1.54) is 89.9 Å². The minimum atomic E-state index is -0.799. The lowest BCUT2D eigenvalue weighted by Crippen LogP contribution is -2.30. The minimum Gasteiger partial charge on any atom is -0.462 e. The molecule has 0 fully saturated rings. The third-order valence-corrected chi connectivity index (χ3v) is 9.74. The van der Waals surface area contributed by atoms with Crippen molar-refractivity contribution in [1.29, 1.82) is 0 Å². The van der Waals surface area contributed by atoms with Crippen LogP contribution in [-0.4, -0.2) is 37.2 Å². The molecule has 6 heteroatoms. The summed E-state index contributed by atoms with van der Waals surface area (Å²) in [4.78, 5) is 37.6. The van der Waals surface area contributed by atoms with Crippen molar-refractivity contribution in [1.82, 2.24) is 0 Å². The van der Waals surface area contributed by atoms with Gasteiger partial charge >= 0.3 is 17.9 Å². The number of hydrogen-bond donors (Lipinski definition) is 0. The third-order valence-electron chi connectivity index (χ3n) is 9.74. The largest absolute Gasteiger partial charge is 0.462 e. The summed E-state index contributed by atoms with van der Waals surface area (Å²) in [7, 11) is 0. The van der Waals surface area contributed by atoms with Crippen LogP contribution in [0.1, 0.15) is 213 Å². The van der Waals surface area contributed by atoms with E-state index >= 15 is 0 Å². The Balaban J connectivity index is 4.43. The summed E-state index contributed by atoms with van der Waals surface area (Å²) < 4.78 is 16.6. The van der Waals surface area contributed by atoms with E-state index in [1.807, 2.05) is 12.2 Å². The second-order valence-corrected chi connectivity index (χ2v) is 15.3. The van der Waals surface area contributed by atoms with Crippen LogP contribution < -0.4 is 0 Å². The zero-order chi connectivity index (χ0) is 41.5. The van der Waals surface area contributed by atoms with E-state index in [0.29, 0.717) is 19.3 Å². The number of unbranched alkanes of at least 4 members (excludes halogenated alkanes) is 18. The van der Waals surface area contributed by atoms with Gasteiger partial charge in [0.25, 0.3) is 0 Å². The van der Waals surface area contributed by atoms with Crippen LogP contribution in [0.25, 0.3) is 0 Å². The lowest BCUT2D eigenvalue weighted by Gasteiger charge is -2.18. The Morgan fingerprint density at radius 1 is 0.368 bits per heavy atom. The number of esters is 3. The van der Waals surface area contributed by atoms with Crippen LogP contribution >= 0.6 is 0 Å². The summed E-state index contributed by atoms with van der Waals surface area (Å²) >= 11 is 0. The topological polar surface area (TPSA) is 78.9 Å². The molecule has 6 nitrogen and oxygen atoms in total. The first-order valence-electron chi connectivity index (χ1n) is 23.4. The van der Waals surface area contributed by atoms with E-state index < -0.39 is 6.10 Å². The Bertz CT molecular complexity index is 1100. The molecule has 0 saturated carbocycles. The van der Waals surface area contributed by atoms with Gasteiger partial charge in [-0.05, 0) is 57.8 Å². The van der Waals surface area contributed by atoms with Crippen molar-refractivity contribution in [2.75, 3.05) is 13.2 Å². The molecule has 0 aliphatic heterocycles. The average Bonchev–Trinajstić information content (AvgIpc) is 3.21. The molecule has 0 N–H and O–H groups in total. The molecule has 0 amide bonds. The first-order valence-corrected chi connectivity index (χ1v) is 23.4. The zero-order valence-electron chi connectivity index (χ0n) is 37.1. The van der Waals surface area contributed by atoms with Crippen molar-refractivity contribution in [3.8, 4) is 0 Å². The highest BCUT2D eigenvalue weighted by molar-refractivity contribution is 5.71. The fraction of sp³-hybridized carbons (Fsp3) is 0.706. The minimum absolute atomic E-state index is 0.0968. The highest BCUT2D eigenvalue weighted by atomic mass is 16.6. The molecule has 0 aliphatic rings. The molecule has 0 saturated heterocycles. The van der Waals surface area contributed by atoms with Crippen molar-refractivity contribution in [3.63, 3.8) is 0 Å². The Kier molecular flexibility index (Phi) is 43.0. The first-order chi connectivity index (χ1) is 28.0. The average molecular weight is 795 g/mol. The van der Waals surface area contributed by atoms with Crippen molar-refractivity contribution in [2.24, 2.45) is 0 Å². The van der Waals surface area contributed by atoms with Gasteiger partial charge in [0.15, 0.2) is 6.10 Å². The molecule has 0 aliphatic carbocycles. The van der Waals surface area contributed by atoms with Crippen molar-refractivity contribution in [2.45, 2.75) is 219 Å². The lowest BCUT2D eigenvalue weighted by atomic mass is 10.0. The SMILES string of the molecule is CC/C=C\C/C=C\C/C=C\C/C=C\C/C=C\C/C=C\CCC(=O)OCC(COC(=O)CCCCCCCCCC)OC(=O)CCCCCCCCCCCCCC. The summed E-state index contributed by atoms with van der Waals surface area (Å²) in [5.74, 6) is -0.992. The van der Waals surface area contributed by atoms with E-state index in [-0.39, 0.29) is 37.5 Å². The first kappa shape index (κ1) is 53.9. The Morgan fingerprint density at radius 2 is 0.684 bits per heavy atom. The van der Waals surface area contributed by atoms with Gasteiger partial charge in [-0.1, -0.05) is 209 Å².